The smallest absolute Gasteiger partial charge is 0.335 e. The first kappa shape index (κ1) is 11.7. The van der Waals surface area contributed by atoms with E-state index in [-0.39, 0.29) is 5.92 Å². The van der Waals surface area contributed by atoms with Gasteiger partial charge < -0.3 is 9.84 Å². The van der Waals surface area contributed by atoms with Gasteiger partial charge in [-0.2, -0.15) is 0 Å². The van der Waals surface area contributed by atoms with Gasteiger partial charge in [0.1, 0.15) is 0 Å². The highest BCUT2D eigenvalue weighted by Gasteiger charge is 2.14. The minimum absolute atomic E-state index is 0.109. The molecule has 15 heavy (non-hydrogen) atoms. The first-order chi connectivity index (χ1) is 7.16. The third-order valence-corrected chi connectivity index (χ3v) is 2.29. The summed E-state index contributed by atoms with van der Waals surface area (Å²) in [5.74, 6) is -0.772. The molecule has 0 saturated heterocycles. The van der Waals surface area contributed by atoms with Crippen molar-refractivity contribution in [3.8, 4) is 0 Å². The molecule has 0 heterocycles. The number of benzene rings is 1. The first-order valence-electron chi connectivity index (χ1n) is 5.06. The largest absolute Gasteiger partial charge is 0.478 e. The van der Waals surface area contributed by atoms with Gasteiger partial charge in [-0.15, -0.1) is 0 Å². The molecule has 0 amide bonds. The van der Waals surface area contributed by atoms with Crippen molar-refractivity contribution in [3.63, 3.8) is 0 Å². The van der Waals surface area contributed by atoms with Crippen LogP contribution in [-0.2, 0) is 4.74 Å². The molecular weight excluding hydrogens is 192 g/mol. The van der Waals surface area contributed by atoms with Crippen molar-refractivity contribution in [1.29, 1.82) is 0 Å². The molecule has 0 fully saturated rings. The molecule has 0 aliphatic heterocycles. The Morgan fingerprint density at radius 2 is 2.13 bits per heavy atom. The van der Waals surface area contributed by atoms with Gasteiger partial charge in [0.2, 0.25) is 0 Å². The summed E-state index contributed by atoms with van der Waals surface area (Å²) in [5, 5.41) is 9.00. The molecule has 1 atom stereocenters. The minimum atomic E-state index is -0.881. The van der Waals surface area contributed by atoms with Gasteiger partial charge in [-0.3, -0.25) is 0 Å². The quantitative estimate of drug-likeness (QED) is 0.808. The molecule has 3 nitrogen and oxygen atoms in total. The van der Waals surface area contributed by atoms with Crippen LogP contribution in [0.3, 0.4) is 0 Å². The van der Waals surface area contributed by atoms with Crippen molar-refractivity contribution < 1.29 is 14.6 Å². The van der Waals surface area contributed by atoms with E-state index < -0.39 is 5.97 Å². The molecule has 1 N–H and O–H groups in total. The van der Waals surface area contributed by atoms with E-state index in [1.54, 1.807) is 12.1 Å². The summed E-state index contributed by atoms with van der Waals surface area (Å²) in [5.41, 5.74) is 1.20. The van der Waals surface area contributed by atoms with Gasteiger partial charge in [0.15, 0.2) is 0 Å². The minimum Gasteiger partial charge on any atom is -0.478 e. The molecule has 0 radical (unpaired) electrons. The fraction of sp³-hybridized carbons (Fsp3) is 0.417. The number of ether oxygens (including phenoxy) is 1. The fourth-order valence-electron chi connectivity index (χ4n) is 1.51. The highest BCUT2D eigenvalue weighted by molar-refractivity contribution is 5.89. The molecule has 3 heteroatoms. The standard InChI is InChI=1S/C12H16O3/c1-3-15-8-9(2)10-6-4-5-7-11(10)12(13)14/h4-7,9H,3,8H2,1-2H3,(H,13,14). The number of aromatic carboxylic acids is 1. The summed E-state index contributed by atoms with van der Waals surface area (Å²) in [6, 6.07) is 7.05. The number of hydrogen-bond acceptors (Lipinski definition) is 2. The topological polar surface area (TPSA) is 46.5 Å². The number of carboxylic acids is 1. The maximum atomic E-state index is 11.0. The van der Waals surface area contributed by atoms with Gasteiger partial charge in [-0.05, 0) is 18.6 Å². The van der Waals surface area contributed by atoms with Gasteiger partial charge in [-0.1, -0.05) is 25.1 Å². The van der Waals surface area contributed by atoms with Gasteiger partial charge in [0.05, 0.1) is 12.2 Å². The number of carboxylic acid groups (broad SMARTS) is 1. The van der Waals surface area contributed by atoms with E-state index in [9.17, 15) is 4.79 Å². The van der Waals surface area contributed by atoms with Crippen LogP contribution < -0.4 is 0 Å². The van der Waals surface area contributed by atoms with Crippen LogP contribution in [-0.4, -0.2) is 24.3 Å². The van der Waals surface area contributed by atoms with Crippen LogP contribution in [0.4, 0.5) is 0 Å². The van der Waals surface area contributed by atoms with E-state index >= 15 is 0 Å². The first-order valence-corrected chi connectivity index (χ1v) is 5.06. The lowest BCUT2D eigenvalue weighted by atomic mass is 9.96. The molecule has 0 saturated carbocycles. The summed E-state index contributed by atoms with van der Waals surface area (Å²) >= 11 is 0. The Balaban J connectivity index is 2.87. The Kier molecular flexibility index (Phi) is 4.31. The predicted molar refractivity (Wildman–Crippen MR) is 58.3 cm³/mol. The molecule has 1 aromatic carbocycles. The zero-order chi connectivity index (χ0) is 11.3. The Hall–Kier alpha value is -1.35. The van der Waals surface area contributed by atoms with Crippen LogP contribution in [0, 0.1) is 0 Å². The zero-order valence-corrected chi connectivity index (χ0v) is 9.06. The molecule has 1 aromatic rings. The molecular formula is C12H16O3. The number of carbonyl (C=O) groups is 1. The van der Waals surface area contributed by atoms with Crippen LogP contribution in [0.25, 0.3) is 0 Å². The maximum Gasteiger partial charge on any atom is 0.335 e. The van der Waals surface area contributed by atoms with Crippen molar-refractivity contribution in [2.75, 3.05) is 13.2 Å². The van der Waals surface area contributed by atoms with Crippen LogP contribution in [0.5, 0.6) is 0 Å². The third kappa shape index (κ3) is 3.06. The van der Waals surface area contributed by atoms with Gasteiger partial charge in [0, 0.05) is 12.5 Å². The van der Waals surface area contributed by atoms with Crippen LogP contribution >= 0.6 is 0 Å². The summed E-state index contributed by atoms with van der Waals surface area (Å²) in [4.78, 5) is 11.0. The summed E-state index contributed by atoms with van der Waals surface area (Å²) in [6.07, 6.45) is 0. The van der Waals surface area contributed by atoms with E-state index in [4.69, 9.17) is 9.84 Å². The Bertz CT molecular complexity index is 333. The second kappa shape index (κ2) is 5.51. The highest BCUT2D eigenvalue weighted by atomic mass is 16.5. The van der Waals surface area contributed by atoms with E-state index in [1.165, 1.54) is 0 Å². The van der Waals surface area contributed by atoms with E-state index in [2.05, 4.69) is 0 Å². The molecule has 1 unspecified atom stereocenters. The van der Waals surface area contributed by atoms with E-state index in [0.29, 0.717) is 18.8 Å². The van der Waals surface area contributed by atoms with Crippen LogP contribution in [0.2, 0.25) is 0 Å². The van der Waals surface area contributed by atoms with Gasteiger partial charge in [-0.25, -0.2) is 4.79 Å². The average molecular weight is 208 g/mol. The molecule has 0 aliphatic carbocycles. The maximum absolute atomic E-state index is 11.0. The van der Waals surface area contributed by atoms with Gasteiger partial charge >= 0.3 is 5.97 Å². The van der Waals surface area contributed by atoms with Crippen molar-refractivity contribution in [1.82, 2.24) is 0 Å². The van der Waals surface area contributed by atoms with Gasteiger partial charge in [0.25, 0.3) is 0 Å². The second-order valence-electron chi connectivity index (χ2n) is 3.45. The lowest BCUT2D eigenvalue weighted by molar-refractivity contribution is 0.0693. The Labute approximate surface area is 89.7 Å². The predicted octanol–water partition coefficient (Wildman–Crippen LogP) is 2.52. The van der Waals surface area contributed by atoms with E-state index in [0.717, 1.165) is 5.56 Å². The van der Waals surface area contributed by atoms with Crippen LogP contribution in [0.1, 0.15) is 35.7 Å². The molecule has 0 aliphatic rings. The fourth-order valence-corrected chi connectivity index (χ4v) is 1.51. The Morgan fingerprint density at radius 3 is 2.73 bits per heavy atom. The third-order valence-electron chi connectivity index (χ3n) is 2.29. The van der Waals surface area contributed by atoms with Crippen molar-refractivity contribution in [2.45, 2.75) is 19.8 Å². The van der Waals surface area contributed by atoms with Crippen molar-refractivity contribution >= 4 is 5.97 Å². The monoisotopic (exact) mass is 208 g/mol. The molecule has 82 valence electrons. The molecule has 0 bridgehead atoms. The summed E-state index contributed by atoms with van der Waals surface area (Å²) in [7, 11) is 0. The van der Waals surface area contributed by atoms with Crippen LogP contribution in [0.15, 0.2) is 24.3 Å². The van der Waals surface area contributed by atoms with Crippen molar-refractivity contribution in [2.24, 2.45) is 0 Å². The second-order valence-corrected chi connectivity index (χ2v) is 3.45. The molecule has 0 aromatic heterocycles. The number of hydrogen-bond donors (Lipinski definition) is 1. The SMILES string of the molecule is CCOCC(C)c1ccccc1C(=O)O. The summed E-state index contributed by atoms with van der Waals surface area (Å²) in [6.45, 7) is 5.10. The molecule has 0 spiro atoms. The lowest BCUT2D eigenvalue weighted by Crippen LogP contribution is -2.10. The normalized spacial score (nSPS) is 12.4. The van der Waals surface area contributed by atoms with E-state index in [1.807, 2.05) is 26.0 Å². The lowest BCUT2D eigenvalue weighted by Gasteiger charge is -2.13. The zero-order valence-electron chi connectivity index (χ0n) is 9.06. The highest BCUT2D eigenvalue weighted by Crippen LogP contribution is 2.20. The number of rotatable bonds is 5. The molecule has 1 rings (SSSR count). The van der Waals surface area contributed by atoms with Crippen molar-refractivity contribution in [3.05, 3.63) is 35.4 Å². The Morgan fingerprint density at radius 1 is 1.47 bits per heavy atom. The summed E-state index contributed by atoms with van der Waals surface area (Å²) < 4.78 is 5.29. The average Bonchev–Trinajstić information content (AvgIpc) is 2.25.